The topological polar surface area (TPSA) is 25.2 Å². The van der Waals surface area contributed by atoms with Gasteiger partial charge in [0.15, 0.2) is 0 Å². The van der Waals surface area contributed by atoms with E-state index in [1.54, 1.807) is 6.26 Å². The van der Waals surface area contributed by atoms with E-state index in [0.29, 0.717) is 0 Å². The molecule has 0 unspecified atom stereocenters. The molecule has 0 spiro atoms. The summed E-state index contributed by atoms with van der Waals surface area (Å²) in [5.41, 5.74) is 1.27. The van der Waals surface area contributed by atoms with Crippen molar-refractivity contribution in [2.24, 2.45) is 0 Å². The molecule has 0 aliphatic rings. The Morgan fingerprint density at radius 3 is 2.93 bits per heavy atom. The van der Waals surface area contributed by atoms with Crippen molar-refractivity contribution in [3.05, 3.63) is 23.7 Å². The molecule has 0 saturated heterocycles. The van der Waals surface area contributed by atoms with Gasteiger partial charge >= 0.3 is 0 Å². The molecule has 2 nitrogen and oxygen atoms in total. The van der Waals surface area contributed by atoms with Gasteiger partial charge in [-0.15, -0.1) is 0 Å². The molecule has 1 rings (SSSR count). The fourth-order valence-corrected chi connectivity index (χ4v) is 2.38. The van der Waals surface area contributed by atoms with Crippen molar-refractivity contribution in [2.75, 3.05) is 18.8 Å². The standard InChI is InChI=1S/C12H21NOS/c1-3-13-7-4-5-9-15-10-12-11(2)6-8-14-12/h6,8,13H,3-5,7,9-10H2,1-2H3. The fraction of sp³-hybridized carbons (Fsp3) is 0.667. The van der Waals surface area contributed by atoms with Gasteiger partial charge in [-0.3, -0.25) is 0 Å². The van der Waals surface area contributed by atoms with Crippen LogP contribution in [0, 0.1) is 6.92 Å². The SMILES string of the molecule is CCNCCCCSCc1occc1C. The molecule has 86 valence electrons. The zero-order valence-electron chi connectivity index (χ0n) is 9.71. The van der Waals surface area contributed by atoms with Gasteiger partial charge in [0.2, 0.25) is 0 Å². The molecule has 15 heavy (non-hydrogen) atoms. The van der Waals surface area contributed by atoms with E-state index in [1.165, 1.54) is 24.2 Å². The maximum atomic E-state index is 5.38. The predicted molar refractivity (Wildman–Crippen MR) is 67.4 cm³/mol. The van der Waals surface area contributed by atoms with Gasteiger partial charge in [-0.2, -0.15) is 11.8 Å². The number of aryl methyl sites for hydroxylation is 1. The van der Waals surface area contributed by atoms with Crippen molar-refractivity contribution < 1.29 is 4.42 Å². The Morgan fingerprint density at radius 2 is 2.27 bits per heavy atom. The molecule has 0 atom stereocenters. The lowest BCUT2D eigenvalue weighted by Gasteiger charge is -2.02. The third kappa shape index (κ3) is 5.28. The van der Waals surface area contributed by atoms with Gasteiger partial charge in [0.1, 0.15) is 5.76 Å². The molecule has 1 aromatic rings. The molecule has 1 aromatic heterocycles. The Hall–Kier alpha value is -0.410. The fourth-order valence-electron chi connectivity index (χ4n) is 1.35. The van der Waals surface area contributed by atoms with Gasteiger partial charge < -0.3 is 9.73 Å². The minimum atomic E-state index is 1.01. The summed E-state index contributed by atoms with van der Waals surface area (Å²) in [6.45, 7) is 6.48. The number of hydrogen-bond acceptors (Lipinski definition) is 3. The highest BCUT2D eigenvalue weighted by Crippen LogP contribution is 2.17. The molecule has 0 radical (unpaired) electrons. The van der Waals surface area contributed by atoms with E-state index < -0.39 is 0 Å². The number of hydrogen-bond donors (Lipinski definition) is 1. The van der Waals surface area contributed by atoms with Crippen molar-refractivity contribution in [2.45, 2.75) is 32.4 Å². The molecular weight excluding hydrogens is 206 g/mol. The van der Waals surface area contributed by atoms with Gasteiger partial charge in [-0.1, -0.05) is 6.92 Å². The third-order valence-electron chi connectivity index (χ3n) is 2.34. The first-order valence-corrected chi connectivity index (χ1v) is 6.81. The molecule has 1 heterocycles. The Bertz CT molecular complexity index is 260. The molecule has 0 aliphatic heterocycles. The molecule has 0 saturated carbocycles. The lowest BCUT2D eigenvalue weighted by Crippen LogP contribution is -2.13. The first-order valence-electron chi connectivity index (χ1n) is 5.66. The largest absolute Gasteiger partial charge is 0.468 e. The molecule has 0 aromatic carbocycles. The molecule has 0 bridgehead atoms. The van der Waals surface area contributed by atoms with Crippen LogP contribution >= 0.6 is 11.8 Å². The minimum Gasteiger partial charge on any atom is -0.468 e. The summed E-state index contributed by atoms with van der Waals surface area (Å²) in [5, 5.41) is 3.33. The lowest BCUT2D eigenvalue weighted by atomic mass is 10.3. The van der Waals surface area contributed by atoms with E-state index in [9.17, 15) is 0 Å². The van der Waals surface area contributed by atoms with Gasteiger partial charge in [0.25, 0.3) is 0 Å². The molecule has 0 fully saturated rings. The van der Waals surface area contributed by atoms with Gasteiger partial charge in [-0.05, 0) is 50.2 Å². The number of furan rings is 1. The Morgan fingerprint density at radius 1 is 1.40 bits per heavy atom. The van der Waals surface area contributed by atoms with Crippen molar-refractivity contribution in [3.8, 4) is 0 Å². The highest BCUT2D eigenvalue weighted by atomic mass is 32.2. The maximum absolute atomic E-state index is 5.38. The minimum absolute atomic E-state index is 1.01. The second-order valence-electron chi connectivity index (χ2n) is 3.64. The van der Waals surface area contributed by atoms with Crippen molar-refractivity contribution in [1.29, 1.82) is 0 Å². The maximum Gasteiger partial charge on any atom is 0.116 e. The number of unbranched alkanes of at least 4 members (excludes halogenated alkanes) is 1. The molecule has 1 N–H and O–H groups in total. The second-order valence-corrected chi connectivity index (χ2v) is 4.75. The Labute approximate surface area is 96.8 Å². The monoisotopic (exact) mass is 227 g/mol. The van der Waals surface area contributed by atoms with Crippen LogP contribution < -0.4 is 5.32 Å². The molecule has 0 aliphatic carbocycles. The first kappa shape index (κ1) is 12.7. The van der Waals surface area contributed by atoms with E-state index >= 15 is 0 Å². The summed E-state index contributed by atoms with van der Waals surface area (Å²) in [4.78, 5) is 0. The van der Waals surface area contributed by atoms with E-state index in [4.69, 9.17) is 4.42 Å². The average Bonchev–Trinajstić information content (AvgIpc) is 2.63. The molecule has 3 heteroatoms. The number of nitrogens with one attached hydrogen (secondary N) is 1. The quantitative estimate of drug-likeness (QED) is 0.690. The predicted octanol–water partition coefficient (Wildman–Crippen LogP) is 3.21. The van der Waals surface area contributed by atoms with Crippen LogP contribution in [0.3, 0.4) is 0 Å². The van der Waals surface area contributed by atoms with Crippen molar-refractivity contribution >= 4 is 11.8 Å². The lowest BCUT2D eigenvalue weighted by molar-refractivity contribution is 0.528. The van der Waals surface area contributed by atoms with E-state index in [-0.39, 0.29) is 0 Å². The second kappa shape index (κ2) is 7.83. The van der Waals surface area contributed by atoms with Gasteiger partial charge in [0.05, 0.1) is 12.0 Å². The van der Waals surface area contributed by atoms with Crippen molar-refractivity contribution in [3.63, 3.8) is 0 Å². The summed E-state index contributed by atoms with van der Waals surface area (Å²) >= 11 is 1.96. The van der Waals surface area contributed by atoms with E-state index in [0.717, 1.165) is 24.6 Å². The van der Waals surface area contributed by atoms with Crippen LogP contribution in [0.5, 0.6) is 0 Å². The summed E-state index contributed by atoms with van der Waals surface area (Å²) in [6, 6.07) is 2.03. The summed E-state index contributed by atoms with van der Waals surface area (Å²) in [6.07, 6.45) is 4.34. The Kier molecular flexibility index (Phi) is 6.60. The van der Waals surface area contributed by atoms with Crippen LogP contribution in [-0.2, 0) is 5.75 Å². The highest BCUT2D eigenvalue weighted by molar-refractivity contribution is 7.98. The van der Waals surface area contributed by atoms with Crippen LogP contribution in [-0.4, -0.2) is 18.8 Å². The number of thioether (sulfide) groups is 1. The van der Waals surface area contributed by atoms with E-state index in [2.05, 4.69) is 19.2 Å². The first-order chi connectivity index (χ1) is 7.34. The highest BCUT2D eigenvalue weighted by Gasteiger charge is 2.00. The zero-order chi connectivity index (χ0) is 10.9. The molecular formula is C12H21NOS. The third-order valence-corrected chi connectivity index (χ3v) is 3.39. The van der Waals surface area contributed by atoms with Crippen LogP contribution in [0.4, 0.5) is 0 Å². The zero-order valence-corrected chi connectivity index (χ0v) is 10.5. The van der Waals surface area contributed by atoms with Crippen LogP contribution in [0.1, 0.15) is 31.1 Å². The van der Waals surface area contributed by atoms with Crippen LogP contribution in [0.25, 0.3) is 0 Å². The van der Waals surface area contributed by atoms with E-state index in [1.807, 2.05) is 17.8 Å². The summed E-state index contributed by atoms with van der Waals surface area (Å²) < 4.78 is 5.38. The van der Waals surface area contributed by atoms with Crippen LogP contribution in [0.15, 0.2) is 16.7 Å². The normalized spacial score (nSPS) is 10.8. The van der Waals surface area contributed by atoms with Crippen molar-refractivity contribution in [1.82, 2.24) is 5.32 Å². The summed E-state index contributed by atoms with van der Waals surface area (Å²) in [7, 11) is 0. The molecule has 0 amide bonds. The number of rotatable bonds is 8. The van der Waals surface area contributed by atoms with Crippen LogP contribution in [0.2, 0.25) is 0 Å². The Balaban J connectivity index is 1.96. The smallest absolute Gasteiger partial charge is 0.116 e. The van der Waals surface area contributed by atoms with Gasteiger partial charge in [0, 0.05) is 0 Å². The average molecular weight is 227 g/mol. The summed E-state index contributed by atoms with van der Waals surface area (Å²) in [5.74, 6) is 3.37. The van der Waals surface area contributed by atoms with Gasteiger partial charge in [-0.25, -0.2) is 0 Å².